The normalized spacial score (nSPS) is 15.4. The monoisotopic (exact) mass is 498 g/mol. The quantitative estimate of drug-likeness (QED) is 0.190. The average Bonchev–Trinajstić information content (AvgIpc) is 2.81. The maximum absolute atomic E-state index is 14.9. The third-order valence-electron chi connectivity index (χ3n) is 5.84. The second kappa shape index (κ2) is 9.95. The molecule has 0 saturated carbocycles. The summed E-state index contributed by atoms with van der Waals surface area (Å²) in [6.07, 6.45) is 1.42. The van der Waals surface area contributed by atoms with Crippen LogP contribution >= 0.6 is 0 Å². The van der Waals surface area contributed by atoms with Crippen LogP contribution in [0, 0.1) is 52.9 Å². The Hall–Kier alpha value is -3.97. The van der Waals surface area contributed by atoms with E-state index in [1.165, 1.54) is 12.0 Å². The molecule has 3 aromatic rings. The van der Waals surface area contributed by atoms with Gasteiger partial charge in [0.25, 0.3) is 0 Å². The number of alkyl halides is 3. The third kappa shape index (κ3) is 5.47. The zero-order chi connectivity index (χ0) is 26.0. The number of fused-ring (bicyclic) bond motifs is 1. The van der Waals surface area contributed by atoms with Crippen LogP contribution in [0.5, 0.6) is 0 Å². The van der Waals surface area contributed by atoms with Gasteiger partial charge in [-0.05, 0) is 66.0 Å². The molecule has 0 fully saturated rings. The molecule has 1 aliphatic rings. The Bertz CT molecular complexity index is 1500. The Labute approximate surface area is 203 Å². The minimum Gasteiger partial charge on any atom is -0.206 e. The van der Waals surface area contributed by atoms with Crippen molar-refractivity contribution in [3.05, 3.63) is 95.1 Å². The molecule has 182 valence electrons. The average molecular weight is 498 g/mol. The molecule has 0 aromatic heterocycles. The smallest absolute Gasteiger partial charge is 0.206 e. The fourth-order valence-corrected chi connectivity index (χ4v) is 3.99. The van der Waals surface area contributed by atoms with E-state index in [2.05, 4.69) is 18.4 Å². The highest BCUT2D eigenvalue weighted by Crippen LogP contribution is 2.32. The lowest BCUT2D eigenvalue weighted by Gasteiger charge is -2.15. The second-order valence-electron chi connectivity index (χ2n) is 8.30. The Morgan fingerprint density at radius 1 is 0.889 bits per heavy atom. The van der Waals surface area contributed by atoms with Crippen molar-refractivity contribution >= 4 is 10.8 Å². The van der Waals surface area contributed by atoms with Crippen molar-refractivity contribution in [1.29, 1.82) is 0 Å². The summed E-state index contributed by atoms with van der Waals surface area (Å²) in [5.41, 5.74) is -0.451. The van der Waals surface area contributed by atoms with Crippen LogP contribution in [0.25, 0.3) is 21.9 Å². The summed E-state index contributed by atoms with van der Waals surface area (Å²) in [6, 6.07) is 6.37. The Morgan fingerprint density at radius 3 is 2.22 bits per heavy atom. The van der Waals surface area contributed by atoms with Gasteiger partial charge in [0.15, 0.2) is 0 Å². The molecule has 0 bridgehead atoms. The first-order chi connectivity index (χ1) is 17.1. The Morgan fingerprint density at radius 2 is 1.61 bits per heavy atom. The van der Waals surface area contributed by atoms with Crippen molar-refractivity contribution in [2.75, 3.05) is 0 Å². The van der Waals surface area contributed by atoms with Crippen LogP contribution in [0.1, 0.15) is 30.4 Å². The van der Waals surface area contributed by atoms with Gasteiger partial charge >= 0.3 is 6.18 Å². The molecule has 1 unspecified atom stereocenters. The zero-order valence-corrected chi connectivity index (χ0v) is 18.7. The fraction of sp³-hybridized carbons (Fsp3) is 0.172. The van der Waals surface area contributed by atoms with Crippen molar-refractivity contribution in [3.8, 4) is 34.8 Å². The highest BCUT2D eigenvalue weighted by Gasteiger charge is 2.24. The summed E-state index contributed by atoms with van der Waals surface area (Å²) < 4.78 is 95.7. The SMILES string of the molecule is C=CC1CC=C(C#Cc2cc(F)c(-c3ccc4c(F)c(C#CC(F)(F)F)c(F)cc4c3)c(F)c2)CC1. The molecule has 1 aliphatic carbocycles. The van der Waals surface area contributed by atoms with E-state index in [0.717, 1.165) is 61.1 Å². The molecule has 4 rings (SSSR count). The number of hydrogen-bond acceptors (Lipinski definition) is 0. The minimum absolute atomic E-state index is 0.00427. The van der Waals surface area contributed by atoms with Crippen LogP contribution < -0.4 is 0 Å². The van der Waals surface area contributed by atoms with E-state index in [9.17, 15) is 30.7 Å². The summed E-state index contributed by atoms with van der Waals surface area (Å²) in [6.45, 7) is 3.77. The van der Waals surface area contributed by atoms with Crippen molar-refractivity contribution in [2.24, 2.45) is 5.92 Å². The lowest BCUT2D eigenvalue weighted by atomic mass is 9.90. The molecule has 0 radical (unpaired) electrons. The van der Waals surface area contributed by atoms with E-state index in [1.54, 1.807) is 0 Å². The molecule has 3 aromatic carbocycles. The summed E-state index contributed by atoms with van der Waals surface area (Å²) in [7, 11) is 0. The van der Waals surface area contributed by atoms with E-state index >= 15 is 0 Å². The molecular weight excluding hydrogens is 481 g/mol. The van der Waals surface area contributed by atoms with Gasteiger partial charge in [0.05, 0.1) is 11.1 Å². The molecule has 0 nitrogen and oxygen atoms in total. The highest BCUT2D eigenvalue weighted by molar-refractivity contribution is 5.89. The largest absolute Gasteiger partial charge is 0.458 e. The predicted octanol–water partition coefficient (Wildman–Crippen LogP) is 8.24. The first-order valence-corrected chi connectivity index (χ1v) is 10.9. The van der Waals surface area contributed by atoms with Crippen molar-refractivity contribution < 1.29 is 30.7 Å². The van der Waals surface area contributed by atoms with Gasteiger partial charge in [-0.1, -0.05) is 42.0 Å². The van der Waals surface area contributed by atoms with Crippen molar-refractivity contribution in [3.63, 3.8) is 0 Å². The molecule has 36 heavy (non-hydrogen) atoms. The Balaban J connectivity index is 1.68. The number of allylic oxidation sites excluding steroid dienone is 3. The molecule has 7 heteroatoms. The fourth-order valence-electron chi connectivity index (χ4n) is 3.99. The number of benzene rings is 3. The maximum Gasteiger partial charge on any atom is 0.458 e. The minimum atomic E-state index is -4.93. The van der Waals surface area contributed by atoms with E-state index in [1.807, 2.05) is 12.2 Å². The summed E-state index contributed by atoms with van der Waals surface area (Å²) >= 11 is 0. The van der Waals surface area contributed by atoms with Gasteiger partial charge in [0.2, 0.25) is 0 Å². The van der Waals surface area contributed by atoms with E-state index in [4.69, 9.17) is 0 Å². The van der Waals surface area contributed by atoms with Gasteiger partial charge in [0, 0.05) is 16.9 Å². The molecule has 0 aliphatic heterocycles. The molecule has 0 saturated heterocycles. The molecule has 0 heterocycles. The van der Waals surface area contributed by atoms with Crippen LogP contribution in [0.4, 0.5) is 30.7 Å². The van der Waals surface area contributed by atoms with Gasteiger partial charge in [0.1, 0.15) is 23.3 Å². The molecule has 0 amide bonds. The van der Waals surface area contributed by atoms with Crippen molar-refractivity contribution in [1.82, 2.24) is 0 Å². The van der Waals surface area contributed by atoms with E-state index in [0.29, 0.717) is 5.92 Å². The molecule has 0 N–H and O–H groups in total. The Kier molecular flexibility index (Phi) is 6.95. The van der Waals surface area contributed by atoms with Crippen LogP contribution in [0.15, 0.2) is 60.7 Å². The lowest BCUT2D eigenvalue weighted by molar-refractivity contribution is -0.0696. The topological polar surface area (TPSA) is 0 Å². The van der Waals surface area contributed by atoms with Crippen LogP contribution in [-0.4, -0.2) is 6.18 Å². The summed E-state index contributed by atoms with van der Waals surface area (Å²) in [4.78, 5) is 0. The summed E-state index contributed by atoms with van der Waals surface area (Å²) in [5, 5.41) is -0.334. The van der Waals surface area contributed by atoms with Gasteiger partial charge in [-0.2, -0.15) is 13.2 Å². The van der Waals surface area contributed by atoms with Crippen molar-refractivity contribution in [2.45, 2.75) is 25.4 Å². The second-order valence-corrected chi connectivity index (χ2v) is 8.30. The molecule has 0 spiro atoms. The van der Waals surface area contributed by atoms with Gasteiger partial charge < -0.3 is 0 Å². The van der Waals surface area contributed by atoms with Gasteiger partial charge in [-0.15, -0.1) is 6.58 Å². The van der Waals surface area contributed by atoms with E-state index < -0.39 is 40.6 Å². The van der Waals surface area contributed by atoms with Crippen LogP contribution in [-0.2, 0) is 0 Å². The molecule has 1 atom stereocenters. The molecular formula is C29H17F7. The third-order valence-corrected chi connectivity index (χ3v) is 5.84. The predicted molar refractivity (Wildman–Crippen MR) is 125 cm³/mol. The summed E-state index contributed by atoms with van der Waals surface area (Å²) in [5.74, 6) is 3.93. The first-order valence-electron chi connectivity index (χ1n) is 10.9. The van der Waals surface area contributed by atoms with Crippen LogP contribution in [0.2, 0.25) is 0 Å². The maximum atomic E-state index is 14.9. The lowest BCUT2D eigenvalue weighted by Crippen LogP contribution is -2.02. The van der Waals surface area contributed by atoms with E-state index in [-0.39, 0.29) is 21.9 Å². The van der Waals surface area contributed by atoms with Crippen LogP contribution in [0.3, 0.4) is 0 Å². The number of rotatable bonds is 2. The highest BCUT2D eigenvalue weighted by atomic mass is 19.4. The first kappa shape index (κ1) is 25.1. The van der Waals surface area contributed by atoms with Gasteiger partial charge in [-0.3, -0.25) is 0 Å². The van der Waals surface area contributed by atoms with Gasteiger partial charge in [-0.25, -0.2) is 17.6 Å². The standard InChI is InChI=1S/C29H17F7/c1-2-17-3-5-18(6-4-17)7-8-19-13-25(31)27(26(32)14-19)20-9-10-22-21(15-20)16-24(30)23(28(22)33)11-12-29(34,35)36/h2,5,9-10,13-17H,1,3-4,6H2. The zero-order valence-electron chi connectivity index (χ0n) is 18.7. The number of hydrogen-bond donors (Lipinski definition) is 0. The number of halogens is 7.